The van der Waals surface area contributed by atoms with Crippen molar-refractivity contribution < 1.29 is 19.1 Å². The summed E-state index contributed by atoms with van der Waals surface area (Å²) < 4.78 is 12.6. The van der Waals surface area contributed by atoms with Gasteiger partial charge in [-0.05, 0) is 77.3 Å². The number of rotatable bonds is 6. The highest BCUT2D eigenvalue weighted by molar-refractivity contribution is 6.07. The summed E-state index contributed by atoms with van der Waals surface area (Å²) in [6.07, 6.45) is 3.34. The maximum absolute atomic E-state index is 12.9. The third-order valence-electron chi connectivity index (χ3n) is 4.99. The van der Waals surface area contributed by atoms with E-state index in [-0.39, 0.29) is 22.7 Å². The molecule has 2 rings (SSSR count). The first-order valence-corrected chi connectivity index (χ1v) is 12.0. The molecule has 190 valence electrons. The van der Waals surface area contributed by atoms with Crippen molar-refractivity contribution in [2.24, 2.45) is 0 Å². The maximum atomic E-state index is 12.9. The fourth-order valence-corrected chi connectivity index (χ4v) is 3.42. The molecule has 0 saturated heterocycles. The zero-order chi connectivity index (χ0) is 26.8. The SMILES string of the molecule is CN(C)C(=O)c1ccc(C(=O)C=Cc2cc(C(C)(C)C)c(OC(C)(C)C)cc2OC(C)(C)C)cc1. The molecule has 0 radical (unpaired) electrons. The lowest BCUT2D eigenvalue weighted by Gasteiger charge is -2.30. The number of allylic oxidation sites excluding steroid dienone is 1. The molecule has 0 aliphatic carbocycles. The van der Waals surface area contributed by atoms with Crippen molar-refractivity contribution in [3.8, 4) is 11.5 Å². The molecule has 0 fully saturated rings. The molecular formula is C30H41NO4. The van der Waals surface area contributed by atoms with Gasteiger partial charge in [-0.2, -0.15) is 0 Å². The van der Waals surface area contributed by atoms with Crippen molar-refractivity contribution in [3.63, 3.8) is 0 Å². The van der Waals surface area contributed by atoms with E-state index in [1.807, 2.05) is 53.7 Å². The minimum absolute atomic E-state index is 0.101. The molecule has 0 aliphatic heterocycles. The van der Waals surface area contributed by atoms with Crippen molar-refractivity contribution in [1.29, 1.82) is 0 Å². The zero-order valence-electron chi connectivity index (χ0n) is 23.2. The Kier molecular flexibility index (Phi) is 8.26. The zero-order valence-corrected chi connectivity index (χ0v) is 23.2. The van der Waals surface area contributed by atoms with Crippen LogP contribution in [0.5, 0.6) is 11.5 Å². The first kappa shape index (κ1) is 28.2. The van der Waals surface area contributed by atoms with Gasteiger partial charge in [0.2, 0.25) is 0 Å². The predicted octanol–water partition coefficient (Wildman–Crippen LogP) is 6.94. The molecule has 5 heteroatoms. The molecule has 2 aromatic rings. The lowest BCUT2D eigenvalue weighted by molar-refractivity contribution is 0.0827. The average Bonchev–Trinajstić information content (AvgIpc) is 2.69. The van der Waals surface area contributed by atoms with Crippen LogP contribution in [0.3, 0.4) is 0 Å². The molecule has 0 atom stereocenters. The van der Waals surface area contributed by atoms with Crippen LogP contribution in [-0.2, 0) is 5.41 Å². The van der Waals surface area contributed by atoms with Gasteiger partial charge in [0, 0.05) is 42.4 Å². The minimum atomic E-state index is -0.427. The number of hydrogen-bond acceptors (Lipinski definition) is 4. The molecule has 0 bridgehead atoms. The molecular weight excluding hydrogens is 438 g/mol. The Balaban J connectivity index is 2.50. The maximum Gasteiger partial charge on any atom is 0.253 e. The second-order valence-electron chi connectivity index (χ2n) is 12.0. The van der Waals surface area contributed by atoms with E-state index < -0.39 is 5.60 Å². The standard InChI is InChI=1S/C30H41NO4/c1-28(2,3)23-18-22(25(34-29(4,5)6)19-26(23)35-30(7,8)9)16-17-24(32)20-12-14-21(15-13-20)27(33)31(10)11/h12-19H,1-11H3. The third-order valence-corrected chi connectivity index (χ3v) is 4.99. The highest BCUT2D eigenvalue weighted by Gasteiger charge is 2.26. The highest BCUT2D eigenvalue weighted by Crippen LogP contribution is 2.40. The van der Waals surface area contributed by atoms with E-state index in [1.54, 1.807) is 50.5 Å². The Morgan fingerprint density at radius 2 is 1.23 bits per heavy atom. The number of amides is 1. The minimum Gasteiger partial charge on any atom is -0.488 e. The van der Waals surface area contributed by atoms with Crippen LogP contribution >= 0.6 is 0 Å². The van der Waals surface area contributed by atoms with Crippen LogP contribution < -0.4 is 9.47 Å². The van der Waals surface area contributed by atoms with Gasteiger partial charge in [0.05, 0.1) is 0 Å². The second kappa shape index (κ2) is 10.3. The van der Waals surface area contributed by atoms with Gasteiger partial charge in [-0.25, -0.2) is 0 Å². The Hall–Kier alpha value is -3.08. The van der Waals surface area contributed by atoms with E-state index in [0.717, 1.165) is 16.9 Å². The Morgan fingerprint density at radius 1 is 0.743 bits per heavy atom. The van der Waals surface area contributed by atoms with E-state index >= 15 is 0 Å². The van der Waals surface area contributed by atoms with E-state index in [9.17, 15) is 9.59 Å². The second-order valence-corrected chi connectivity index (χ2v) is 12.0. The van der Waals surface area contributed by atoms with Gasteiger partial charge in [0.1, 0.15) is 22.7 Å². The van der Waals surface area contributed by atoms with E-state index in [2.05, 4.69) is 20.8 Å². The van der Waals surface area contributed by atoms with Crippen LogP contribution in [0, 0.1) is 0 Å². The van der Waals surface area contributed by atoms with Gasteiger partial charge in [0.15, 0.2) is 5.78 Å². The quantitative estimate of drug-likeness (QED) is 0.333. The number of nitrogens with zero attached hydrogens (tertiary/aromatic N) is 1. The molecule has 0 aliphatic rings. The Bertz CT molecular complexity index is 1090. The number of hydrogen-bond donors (Lipinski definition) is 0. The molecule has 5 nitrogen and oxygen atoms in total. The monoisotopic (exact) mass is 479 g/mol. The fraction of sp³-hybridized carbons (Fsp3) is 0.467. The van der Waals surface area contributed by atoms with E-state index in [1.165, 1.54) is 4.90 Å². The fourth-order valence-electron chi connectivity index (χ4n) is 3.42. The third kappa shape index (κ3) is 8.27. The molecule has 2 aromatic carbocycles. The van der Waals surface area contributed by atoms with Gasteiger partial charge < -0.3 is 14.4 Å². The first-order valence-electron chi connectivity index (χ1n) is 12.0. The highest BCUT2D eigenvalue weighted by atomic mass is 16.5. The summed E-state index contributed by atoms with van der Waals surface area (Å²) in [4.78, 5) is 26.5. The Labute approximate surface area is 211 Å². The molecule has 0 unspecified atom stereocenters. The molecule has 0 saturated carbocycles. The van der Waals surface area contributed by atoms with Gasteiger partial charge >= 0.3 is 0 Å². The summed E-state index contributed by atoms with van der Waals surface area (Å²) in [5, 5.41) is 0. The molecule has 1 amide bonds. The van der Waals surface area contributed by atoms with Crippen LogP contribution in [-0.4, -0.2) is 41.9 Å². The van der Waals surface area contributed by atoms with Crippen LogP contribution in [0.2, 0.25) is 0 Å². The van der Waals surface area contributed by atoms with Crippen molar-refractivity contribution in [1.82, 2.24) is 4.90 Å². The normalized spacial score (nSPS) is 12.5. The lowest BCUT2D eigenvalue weighted by Crippen LogP contribution is -2.27. The Morgan fingerprint density at radius 3 is 1.69 bits per heavy atom. The van der Waals surface area contributed by atoms with Crippen LogP contribution in [0.15, 0.2) is 42.5 Å². The van der Waals surface area contributed by atoms with Gasteiger partial charge in [-0.1, -0.05) is 32.9 Å². The van der Waals surface area contributed by atoms with E-state index in [4.69, 9.17) is 9.47 Å². The van der Waals surface area contributed by atoms with Crippen LogP contribution in [0.4, 0.5) is 0 Å². The summed E-state index contributed by atoms with van der Waals surface area (Å²) in [6, 6.07) is 10.7. The van der Waals surface area contributed by atoms with E-state index in [0.29, 0.717) is 16.9 Å². The van der Waals surface area contributed by atoms with Crippen molar-refractivity contribution in [3.05, 3.63) is 64.7 Å². The first-order chi connectivity index (χ1) is 15.9. The number of benzene rings is 2. The average molecular weight is 480 g/mol. The molecule has 0 spiro atoms. The largest absolute Gasteiger partial charge is 0.488 e. The summed E-state index contributed by atoms with van der Waals surface area (Å²) in [5.41, 5.74) is 1.92. The van der Waals surface area contributed by atoms with Gasteiger partial charge in [-0.3, -0.25) is 9.59 Å². The van der Waals surface area contributed by atoms with Crippen molar-refractivity contribution in [2.75, 3.05) is 14.1 Å². The number of carbonyl (C=O) groups excluding carboxylic acids is 2. The van der Waals surface area contributed by atoms with Crippen molar-refractivity contribution in [2.45, 2.75) is 78.9 Å². The van der Waals surface area contributed by atoms with Crippen LogP contribution in [0.1, 0.15) is 94.2 Å². The number of ether oxygens (including phenoxy) is 2. The summed E-state index contributed by atoms with van der Waals surface area (Å²) >= 11 is 0. The topological polar surface area (TPSA) is 55.8 Å². The molecule has 35 heavy (non-hydrogen) atoms. The molecule has 0 aromatic heterocycles. The smallest absolute Gasteiger partial charge is 0.253 e. The van der Waals surface area contributed by atoms with Crippen molar-refractivity contribution >= 4 is 17.8 Å². The van der Waals surface area contributed by atoms with Gasteiger partial charge in [0.25, 0.3) is 5.91 Å². The van der Waals surface area contributed by atoms with Crippen LogP contribution in [0.25, 0.3) is 6.08 Å². The van der Waals surface area contributed by atoms with Gasteiger partial charge in [-0.15, -0.1) is 0 Å². The summed E-state index contributed by atoms with van der Waals surface area (Å²) in [5.74, 6) is 1.17. The number of carbonyl (C=O) groups is 2. The number of ketones is 1. The molecule has 0 heterocycles. The predicted molar refractivity (Wildman–Crippen MR) is 144 cm³/mol. The summed E-state index contributed by atoms with van der Waals surface area (Å²) in [7, 11) is 3.40. The lowest BCUT2D eigenvalue weighted by atomic mass is 9.85. The molecule has 0 N–H and O–H groups in total. The summed E-state index contributed by atoms with van der Waals surface area (Å²) in [6.45, 7) is 18.4.